The standard InChI is InChI=1S/C22H26FN5O2/c23-18-8-6-17(7-9-18)14-27-15-25-21-19(22(27)30)13-26-28(21)11-10-24-20(29)12-16-4-2-1-3-5-16/h6-9,13,15-16H,1-5,10-12,14H2,(H,24,29). The van der Waals surface area contributed by atoms with Gasteiger partial charge in [0.25, 0.3) is 5.56 Å². The Labute approximate surface area is 173 Å². The van der Waals surface area contributed by atoms with E-state index in [2.05, 4.69) is 15.4 Å². The van der Waals surface area contributed by atoms with Gasteiger partial charge in [0.1, 0.15) is 17.5 Å². The second kappa shape index (κ2) is 9.19. The van der Waals surface area contributed by atoms with Gasteiger partial charge >= 0.3 is 0 Å². The Balaban J connectivity index is 1.37. The van der Waals surface area contributed by atoms with Crippen LogP contribution in [-0.2, 0) is 17.9 Å². The van der Waals surface area contributed by atoms with Crippen LogP contribution in [0.1, 0.15) is 44.1 Å². The normalized spacial score (nSPS) is 14.8. The molecule has 0 radical (unpaired) electrons. The van der Waals surface area contributed by atoms with Crippen molar-refractivity contribution in [1.82, 2.24) is 24.6 Å². The first kappa shape index (κ1) is 20.3. The summed E-state index contributed by atoms with van der Waals surface area (Å²) in [6.45, 7) is 1.21. The molecule has 0 unspecified atom stereocenters. The number of amides is 1. The van der Waals surface area contributed by atoms with E-state index < -0.39 is 0 Å². The molecule has 2 heterocycles. The van der Waals surface area contributed by atoms with Crippen LogP contribution in [0.2, 0.25) is 0 Å². The number of hydrogen-bond donors (Lipinski definition) is 1. The molecule has 3 aromatic rings. The summed E-state index contributed by atoms with van der Waals surface area (Å²) in [6.07, 6.45) is 9.60. The number of benzene rings is 1. The van der Waals surface area contributed by atoms with Crippen molar-refractivity contribution in [3.8, 4) is 0 Å². The third-order valence-corrected chi connectivity index (χ3v) is 5.73. The molecule has 0 bridgehead atoms. The SMILES string of the molecule is O=C(CC1CCCCC1)NCCn1ncc2c(=O)n(Cc3ccc(F)cc3)cnc21. The van der Waals surface area contributed by atoms with Crippen LogP contribution in [0.5, 0.6) is 0 Å². The molecule has 8 heteroatoms. The molecule has 30 heavy (non-hydrogen) atoms. The highest BCUT2D eigenvalue weighted by Gasteiger charge is 2.17. The summed E-state index contributed by atoms with van der Waals surface area (Å²) < 4.78 is 16.2. The van der Waals surface area contributed by atoms with E-state index in [1.165, 1.54) is 48.5 Å². The van der Waals surface area contributed by atoms with Crippen LogP contribution < -0.4 is 10.9 Å². The minimum Gasteiger partial charge on any atom is -0.354 e. The highest BCUT2D eigenvalue weighted by molar-refractivity contribution is 5.76. The third-order valence-electron chi connectivity index (χ3n) is 5.73. The number of carbonyl (C=O) groups excluding carboxylic acids is 1. The Morgan fingerprint density at radius 2 is 1.93 bits per heavy atom. The maximum Gasteiger partial charge on any atom is 0.264 e. The number of aromatic nitrogens is 4. The Hall–Kier alpha value is -3.03. The highest BCUT2D eigenvalue weighted by Crippen LogP contribution is 2.26. The van der Waals surface area contributed by atoms with Gasteiger partial charge in [-0.1, -0.05) is 31.4 Å². The lowest BCUT2D eigenvalue weighted by atomic mass is 9.87. The largest absolute Gasteiger partial charge is 0.354 e. The summed E-state index contributed by atoms with van der Waals surface area (Å²) in [4.78, 5) is 29.3. The van der Waals surface area contributed by atoms with Crippen LogP contribution in [0.15, 0.2) is 41.6 Å². The first-order chi connectivity index (χ1) is 14.6. The summed E-state index contributed by atoms with van der Waals surface area (Å²) in [6, 6.07) is 6.02. The zero-order chi connectivity index (χ0) is 20.9. The van der Waals surface area contributed by atoms with Crippen molar-refractivity contribution in [3.63, 3.8) is 0 Å². The maximum atomic E-state index is 13.1. The van der Waals surface area contributed by atoms with Crippen molar-refractivity contribution in [3.05, 3.63) is 58.5 Å². The van der Waals surface area contributed by atoms with Crippen molar-refractivity contribution < 1.29 is 9.18 Å². The van der Waals surface area contributed by atoms with Gasteiger partial charge in [0.05, 0.1) is 19.3 Å². The first-order valence-corrected chi connectivity index (χ1v) is 10.5. The molecule has 1 saturated carbocycles. The van der Waals surface area contributed by atoms with Gasteiger partial charge in [-0.25, -0.2) is 14.1 Å². The quantitative estimate of drug-likeness (QED) is 0.648. The minimum atomic E-state index is -0.313. The molecule has 1 amide bonds. The van der Waals surface area contributed by atoms with E-state index in [-0.39, 0.29) is 17.3 Å². The van der Waals surface area contributed by atoms with Gasteiger partial charge in [-0.2, -0.15) is 5.10 Å². The summed E-state index contributed by atoms with van der Waals surface area (Å²) >= 11 is 0. The molecule has 1 aliphatic rings. The van der Waals surface area contributed by atoms with Gasteiger partial charge < -0.3 is 5.32 Å². The van der Waals surface area contributed by atoms with Gasteiger partial charge in [0.15, 0.2) is 5.65 Å². The average Bonchev–Trinajstić information content (AvgIpc) is 3.16. The predicted octanol–water partition coefficient (Wildman–Crippen LogP) is 2.87. The van der Waals surface area contributed by atoms with Gasteiger partial charge in [-0.05, 0) is 36.5 Å². The third kappa shape index (κ3) is 4.75. The molecule has 158 valence electrons. The Morgan fingerprint density at radius 3 is 2.70 bits per heavy atom. The van der Waals surface area contributed by atoms with E-state index in [0.29, 0.717) is 43.0 Å². The van der Waals surface area contributed by atoms with Crippen LogP contribution in [0.3, 0.4) is 0 Å². The maximum absolute atomic E-state index is 13.1. The zero-order valence-electron chi connectivity index (χ0n) is 16.9. The summed E-state index contributed by atoms with van der Waals surface area (Å²) in [5, 5.41) is 7.65. The van der Waals surface area contributed by atoms with Crippen LogP contribution in [0.25, 0.3) is 11.0 Å². The highest BCUT2D eigenvalue weighted by atomic mass is 19.1. The number of carbonyl (C=O) groups is 1. The van der Waals surface area contributed by atoms with Gasteiger partial charge in [0, 0.05) is 13.0 Å². The summed E-state index contributed by atoms with van der Waals surface area (Å²) in [7, 11) is 0. The zero-order valence-corrected chi connectivity index (χ0v) is 16.9. The molecular formula is C22H26FN5O2. The number of hydrogen-bond acceptors (Lipinski definition) is 4. The molecule has 1 fully saturated rings. The second-order valence-electron chi connectivity index (χ2n) is 7.97. The molecule has 4 rings (SSSR count). The van der Waals surface area contributed by atoms with Gasteiger partial charge in [0.2, 0.25) is 5.91 Å². The second-order valence-corrected chi connectivity index (χ2v) is 7.97. The van der Waals surface area contributed by atoms with Gasteiger partial charge in [-0.3, -0.25) is 14.2 Å². The topological polar surface area (TPSA) is 81.8 Å². The lowest BCUT2D eigenvalue weighted by Crippen LogP contribution is -2.29. The number of nitrogens with one attached hydrogen (secondary N) is 1. The fourth-order valence-electron chi connectivity index (χ4n) is 4.09. The number of nitrogens with zero attached hydrogens (tertiary/aromatic N) is 4. The number of halogens is 1. The van der Waals surface area contributed by atoms with E-state index in [9.17, 15) is 14.0 Å². The van der Waals surface area contributed by atoms with Crippen molar-refractivity contribution >= 4 is 16.9 Å². The molecular weight excluding hydrogens is 385 g/mol. The van der Waals surface area contributed by atoms with Gasteiger partial charge in [-0.15, -0.1) is 0 Å². The number of fused-ring (bicyclic) bond motifs is 1. The van der Waals surface area contributed by atoms with Crippen molar-refractivity contribution in [1.29, 1.82) is 0 Å². The first-order valence-electron chi connectivity index (χ1n) is 10.5. The summed E-state index contributed by atoms with van der Waals surface area (Å²) in [5.41, 5.74) is 1.11. The lowest BCUT2D eigenvalue weighted by Gasteiger charge is -2.20. The number of rotatable bonds is 7. The van der Waals surface area contributed by atoms with Crippen LogP contribution in [-0.4, -0.2) is 31.8 Å². The molecule has 1 aromatic carbocycles. The smallest absolute Gasteiger partial charge is 0.264 e. The van der Waals surface area contributed by atoms with Crippen LogP contribution >= 0.6 is 0 Å². The Morgan fingerprint density at radius 1 is 1.17 bits per heavy atom. The Kier molecular flexibility index (Phi) is 6.21. The lowest BCUT2D eigenvalue weighted by molar-refractivity contribution is -0.122. The van der Waals surface area contributed by atoms with Crippen LogP contribution in [0, 0.1) is 11.7 Å². The van der Waals surface area contributed by atoms with E-state index >= 15 is 0 Å². The summed E-state index contributed by atoms with van der Waals surface area (Å²) in [5.74, 6) is 0.269. The van der Waals surface area contributed by atoms with Crippen molar-refractivity contribution in [2.45, 2.75) is 51.6 Å². The van der Waals surface area contributed by atoms with Crippen LogP contribution in [0.4, 0.5) is 4.39 Å². The predicted molar refractivity (Wildman–Crippen MR) is 111 cm³/mol. The molecule has 2 aromatic heterocycles. The molecule has 0 atom stereocenters. The van der Waals surface area contributed by atoms with E-state index in [0.717, 1.165) is 18.4 Å². The molecule has 1 N–H and O–H groups in total. The molecule has 0 spiro atoms. The average molecular weight is 411 g/mol. The van der Waals surface area contributed by atoms with E-state index in [1.54, 1.807) is 16.8 Å². The van der Waals surface area contributed by atoms with Crippen molar-refractivity contribution in [2.75, 3.05) is 6.54 Å². The Bertz CT molecular complexity index is 1070. The molecule has 0 aliphatic heterocycles. The monoisotopic (exact) mass is 411 g/mol. The molecule has 1 aliphatic carbocycles. The fourth-order valence-corrected chi connectivity index (χ4v) is 4.09. The minimum absolute atomic E-state index is 0.0768. The molecule has 7 nitrogen and oxygen atoms in total. The van der Waals surface area contributed by atoms with E-state index in [4.69, 9.17) is 0 Å². The fraction of sp³-hybridized carbons (Fsp3) is 0.455. The molecule has 0 saturated heterocycles. The van der Waals surface area contributed by atoms with E-state index in [1.807, 2.05) is 0 Å². The van der Waals surface area contributed by atoms with Crippen molar-refractivity contribution in [2.24, 2.45) is 5.92 Å².